The second kappa shape index (κ2) is 21.9. The van der Waals surface area contributed by atoms with Crippen LogP contribution in [-0.2, 0) is 20.8 Å². The van der Waals surface area contributed by atoms with E-state index in [1.165, 1.54) is 20.1 Å². The lowest BCUT2D eigenvalue weighted by Gasteiger charge is -2.19. The van der Waals surface area contributed by atoms with Gasteiger partial charge in [-0.1, -0.05) is 71.7 Å². The van der Waals surface area contributed by atoms with Crippen molar-refractivity contribution in [1.82, 2.24) is 5.32 Å². The van der Waals surface area contributed by atoms with Gasteiger partial charge >= 0.3 is 5.97 Å². The summed E-state index contributed by atoms with van der Waals surface area (Å²) in [4.78, 5) is 51.3. The Hall–Kier alpha value is -7.13. The van der Waals surface area contributed by atoms with Gasteiger partial charge in [0.2, 0.25) is 23.3 Å². The van der Waals surface area contributed by atoms with Gasteiger partial charge in [-0.25, -0.2) is 4.99 Å². The van der Waals surface area contributed by atoms with E-state index in [1.807, 2.05) is 48.5 Å². The molecule has 6 aromatic carbocycles. The third-order valence-electron chi connectivity index (χ3n) is 11.1. The number of halogens is 2. The Morgan fingerprint density at radius 1 is 0.761 bits per heavy atom. The third kappa shape index (κ3) is 11.1. The fourth-order valence-electron chi connectivity index (χ4n) is 7.78. The van der Waals surface area contributed by atoms with E-state index in [0.29, 0.717) is 68.2 Å². The predicted octanol–water partition coefficient (Wildman–Crippen LogP) is 9.01. The Kier molecular flexibility index (Phi) is 16.1. The molecule has 1 unspecified atom stereocenters. The van der Waals surface area contributed by atoms with Gasteiger partial charge in [0.25, 0.3) is 5.91 Å². The smallest absolute Gasteiger partial charge is 0.310 e. The molecular weight excluding hydrogens is 901 g/mol. The molecule has 4 N–H and O–H groups in total. The van der Waals surface area contributed by atoms with Crippen molar-refractivity contribution in [3.05, 3.63) is 151 Å². The number of methoxy groups -OCH3 is 5. The van der Waals surface area contributed by atoms with Gasteiger partial charge in [-0.05, 0) is 107 Å². The highest BCUT2D eigenvalue weighted by molar-refractivity contribution is 6.37. The van der Waals surface area contributed by atoms with Crippen LogP contribution in [0.15, 0.2) is 113 Å². The molecular formula is C51H49Cl2N3O11. The van der Waals surface area contributed by atoms with Crippen LogP contribution in [0.25, 0.3) is 21.9 Å². The lowest BCUT2D eigenvalue weighted by atomic mass is 9.95. The van der Waals surface area contributed by atoms with E-state index in [2.05, 4.69) is 15.6 Å². The number of carboxylic acid groups (broad SMARTS) is 1. The number of benzene rings is 5. The average molecular weight is 951 g/mol. The minimum atomic E-state index is -1.50. The molecule has 2 aliphatic rings. The van der Waals surface area contributed by atoms with Crippen molar-refractivity contribution >= 4 is 63.2 Å². The largest absolute Gasteiger partial charge is 0.497 e. The number of ether oxygens (including phenoxy) is 5. The van der Waals surface area contributed by atoms with E-state index >= 15 is 0 Å². The number of hydrogen-bond acceptors (Lipinski definition) is 11. The number of carbonyl (C=O) groups excluding carboxylic acids is 2. The molecule has 0 fully saturated rings. The van der Waals surface area contributed by atoms with Gasteiger partial charge in [0.05, 0.1) is 58.9 Å². The van der Waals surface area contributed by atoms with Crippen LogP contribution in [0.3, 0.4) is 0 Å². The van der Waals surface area contributed by atoms with Crippen molar-refractivity contribution in [2.45, 2.75) is 44.9 Å². The number of hydrogen-bond donors (Lipinski definition) is 4. The molecule has 348 valence electrons. The number of benzodiazepines with no additional fused rings is 1. The van der Waals surface area contributed by atoms with E-state index in [0.717, 1.165) is 38.8 Å². The fraction of sp³-hybridized carbons (Fsp3) is 0.235. The first-order chi connectivity index (χ1) is 32.1. The van der Waals surface area contributed by atoms with Crippen molar-refractivity contribution in [2.75, 3.05) is 40.9 Å². The zero-order chi connectivity index (χ0) is 48.5. The second-order valence-electron chi connectivity index (χ2n) is 15.3. The van der Waals surface area contributed by atoms with Crippen LogP contribution in [0.4, 0.5) is 5.69 Å². The summed E-state index contributed by atoms with van der Waals surface area (Å²) in [6.45, 7) is 3.15. The number of carboxylic acids is 1. The normalized spacial score (nSPS) is 15.0. The van der Waals surface area contributed by atoms with Gasteiger partial charge in [0, 0.05) is 33.7 Å². The molecule has 0 radical (unpaired) electrons. The molecule has 14 nitrogen and oxygen atoms in total. The maximum Gasteiger partial charge on any atom is 0.310 e. The SMILES string of the molecule is COc1cc2c(c(OC)c1OC)-c1ccc(OC)c(=O)cc1[C@@H](NC(C)=O)CC2.COc1ccc2cc([C@H](C)C(=O)O)ccc2c1.O=C1Nc2ccc(Cl)cc2C(c2ccccc2Cl)=NC1O. The number of amides is 2. The summed E-state index contributed by atoms with van der Waals surface area (Å²) in [6.07, 6.45) is -0.229. The van der Waals surface area contributed by atoms with Crippen LogP contribution in [0.5, 0.6) is 28.7 Å². The molecule has 1 aliphatic carbocycles. The molecule has 16 heteroatoms. The summed E-state index contributed by atoms with van der Waals surface area (Å²) in [5, 5.41) is 27.4. The first-order valence-electron chi connectivity index (χ1n) is 20.9. The number of aliphatic carboxylic acids is 1. The Bertz CT molecular complexity index is 2940. The fourth-order valence-corrected chi connectivity index (χ4v) is 8.18. The van der Waals surface area contributed by atoms with E-state index < -0.39 is 24.0 Å². The molecule has 1 aliphatic heterocycles. The molecule has 8 rings (SSSR count). The number of aliphatic hydroxyl groups excluding tert-OH is 1. The molecule has 0 bridgehead atoms. The molecule has 3 atom stereocenters. The van der Waals surface area contributed by atoms with Crippen molar-refractivity contribution in [2.24, 2.45) is 4.99 Å². The van der Waals surface area contributed by atoms with Crippen LogP contribution >= 0.6 is 23.2 Å². The summed E-state index contributed by atoms with van der Waals surface area (Å²) < 4.78 is 27.1. The van der Waals surface area contributed by atoms with Crippen molar-refractivity contribution in [3.8, 4) is 39.9 Å². The van der Waals surface area contributed by atoms with Gasteiger partial charge < -0.3 is 44.5 Å². The number of fused-ring (bicyclic) bond motifs is 5. The molecule has 0 aromatic heterocycles. The topological polar surface area (TPSA) is 191 Å². The van der Waals surface area contributed by atoms with Gasteiger partial charge in [-0.15, -0.1) is 0 Å². The quantitative estimate of drug-likeness (QED) is 0.108. The molecule has 0 saturated heterocycles. The summed E-state index contributed by atoms with van der Waals surface area (Å²) in [7, 11) is 7.77. The Morgan fingerprint density at radius 3 is 2.12 bits per heavy atom. The van der Waals surface area contributed by atoms with Crippen molar-refractivity contribution in [1.29, 1.82) is 0 Å². The van der Waals surface area contributed by atoms with Crippen LogP contribution in [0.1, 0.15) is 60.0 Å². The zero-order valence-electron chi connectivity index (χ0n) is 37.7. The lowest BCUT2D eigenvalue weighted by Crippen LogP contribution is -2.26. The van der Waals surface area contributed by atoms with Gasteiger partial charge in [-0.3, -0.25) is 19.2 Å². The average Bonchev–Trinajstić information content (AvgIpc) is 3.63. The number of nitrogens with one attached hydrogen (secondary N) is 2. The number of nitrogens with zero attached hydrogens (tertiary/aromatic N) is 1. The summed E-state index contributed by atoms with van der Waals surface area (Å²) in [6, 6.07) is 30.1. The lowest BCUT2D eigenvalue weighted by molar-refractivity contribution is -0.138. The van der Waals surface area contributed by atoms with Crippen LogP contribution in [-0.4, -0.2) is 75.5 Å². The Balaban J connectivity index is 0.000000172. The minimum absolute atomic E-state index is 0.167. The maximum absolute atomic E-state index is 12.6. The van der Waals surface area contributed by atoms with Crippen LogP contribution < -0.4 is 39.7 Å². The van der Waals surface area contributed by atoms with Crippen LogP contribution in [0.2, 0.25) is 10.0 Å². The highest BCUT2D eigenvalue weighted by Crippen LogP contribution is 2.50. The Labute approximate surface area is 397 Å². The number of aryl methyl sites for hydroxylation is 1. The highest BCUT2D eigenvalue weighted by atomic mass is 35.5. The first-order valence-corrected chi connectivity index (χ1v) is 21.6. The number of anilines is 1. The number of aliphatic imine (C=N–C) groups is 1. The molecule has 2 amide bonds. The third-order valence-corrected chi connectivity index (χ3v) is 11.7. The van der Waals surface area contributed by atoms with E-state index in [9.17, 15) is 24.3 Å². The highest BCUT2D eigenvalue weighted by Gasteiger charge is 2.30. The summed E-state index contributed by atoms with van der Waals surface area (Å²) >= 11 is 12.2. The van der Waals surface area contributed by atoms with Crippen molar-refractivity contribution < 1.29 is 48.3 Å². The molecule has 1 heterocycles. The monoisotopic (exact) mass is 949 g/mol. The van der Waals surface area contributed by atoms with E-state index in [-0.39, 0.29) is 23.1 Å². The molecule has 0 spiro atoms. The Morgan fingerprint density at radius 2 is 1.46 bits per heavy atom. The molecule has 67 heavy (non-hydrogen) atoms. The van der Waals surface area contributed by atoms with E-state index in [1.54, 1.807) is 83.9 Å². The summed E-state index contributed by atoms with van der Waals surface area (Å²) in [5.41, 5.74) is 6.01. The number of rotatable bonds is 9. The molecule has 0 saturated carbocycles. The second-order valence-corrected chi connectivity index (χ2v) is 16.1. The van der Waals surface area contributed by atoms with Gasteiger partial charge in [-0.2, -0.15) is 0 Å². The van der Waals surface area contributed by atoms with E-state index in [4.69, 9.17) is 52.0 Å². The number of aliphatic hydroxyl groups is 1. The predicted molar refractivity (Wildman–Crippen MR) is 259 cm³/mol. The molecule has 6 aromatic rings. The maximum atomic E-state index is 12.6. The zero-order valence-corrected chi connectivity index (χ0v) is 39.2. The van der Waals surface area contributed by atoms with Crippen LogP contribution in [0, 0.1) is 0 Å². The number of carbonyl (C=O) groups is 3. The standard InChI is InChI=1S/C22H25NO6.C15H10Cl2N2O2.C14H14O3/c1-12(24)23-16-8-6-13-10-19(27-3)21(28-4)22(29-5)20(13)14-7-9-18(26-2)17(25)11-15(14)16;16-8-5-6-12-10(7-8)13(19-15(21)14(20)18-12)9-3-1-2-4-11(9)17;1-9(14(15)16)10-3-4-12-8-13(17-2)6-5-11(12)7-10/h7,9-11,16H,6,8H2,1-5H3,(H,23,24);1-7,15,21H,(H,18,20);3-9H,1-2H3,(H,15,16)/t16-;;9-/m0.0/s1. The first kappa shape index (κ1) is 49.3. The van der Waals surface area contributed by atoms with Gasteiger partial charge in [0.15, 0.2) is 17.2 Å². The minimum Gasteiger partial charge on any atom is -0.497 e. The van der Waals surface area contributed by atoms with Gasteiger partial charge in [0.1, 0.15) is 5.75 Å². The van der Waals surface area contributed by atoms with Crippen molar-refractivity contribution in [3.63, 3.8) is 0 Å². The summed E-state index contributed by atoms with van der Waals surface area (Å²) in [5.74, 6) is 0.518.